The maximum Gasteiger partial charge on any atom is 0.256 e. The van der Waals surface area contributed by atoms with Crippen molar-refractivity contribution in [3.63, 3.8) is 0 Å². The topological polar surface area (TPSA) is 110 Å². The largest absolute Gasteiger partial charge is 0.365 e. The van der Waals surface area contributed by atoms with Crippen molar-refractivity contribution in [2.75, 3.05) is 24.7 Å². The lowest BCUT2D eigenvalue weighted by Gasteiger charge is -2.22. The monoisotopic (exact) mass is 407 g/mol. The molecule has 2 amide bonds. The van der Waals surface area contributed by atoms with Crippen molar-refractivity contribution in [3.8, 4) is 0 Å². The van der Waals surface area contributed by atoms with Crippen LogP contribution in [0.2, 0.25) is 0 Å². The number of anilines is 1. The molecule has 3 N–H and O–H groups in total. The zero-order valence-corrected chi connectivity index (χ0v) is 16.7. The highest BCUT2D eigenvalue weighted by atomic mass is 32.2. The molecule has 0 saturated heterocycles. The highest BCUT2D eigenvalue weighted by Gasteiger charge is 2.26. The Morgan fingerprint density at radius 3 is 2.52 bits per heavy atom. The number of amides is 2. The number of thiophene rings is 1. The first-order chi connectivity index (χ1) is 12.7. The molecule has 0 aliphatic carbocycles. The van der Waals surface area contributed by atoms with Crippen LogP contribution in [0.25, 0.3) is 0 Å². The minimum atomic E-state index is -3.32. The number of fused-ring (bicyclic) bond motifs is 1. The highest BCUT2D eigenvalue weighted by molar-refractivity contribution is 7.91. The van der Waals surface area contributed by atoms with E-state index in [1.807, 2.05) is 7.05 Å². The van der Waals surface area contributed by atoms with Gasteiger partial charge in [-0.15, -0.1) is 11.3 Å². The van der Waals surface area contributed by atoms with Gasteiger partial charge < -0.3 is 16.0 Å². The van der Waals surface area contributed by atoms with Crippen LogP contribution in [0.3, 0.4) is 0 Å². The molecule has 2 aromatic rings. The van der Waals surface area contributed by atoms with Crippen LogP contribution < -0.4 is 11.1 Å². The van der Waals surface area contributed by atoms with E-state index in [2.05, 4.69) is 10.2 Å². The molecular weight excluding hydrogens is 386 g/mol. The van der Waals surface area contributed by atoms with Gasteiger partial charge in [-0.3, -0.25) is 9.59 Å². The Labute approximate surface area is 162 Å². The predicted octanol–water partition coefficient (Wildman–Crippen LogP) is 1.88. The minimum absolute atomic E-state index is 0.00426. The smallest absolute Gasteiger partial charge is 0.256 e. The number of hydrogen-bond donors (Lipinski definition) is 2. The number of hydrogen-bond acceptors (Lipinski definition) is 6. The lowest BCUT2D eigenvalue weighted by Crippen LogP contribution is -2.27. The number of primary amides is 1. The molecule has 0 spiro atoms. The third-order valence-corrected chi connectivity index (χ3v) is 7.46. The first-order valence-electron chi connectivity index (χ1n) is 8.50. The van der Waals surface area contributed by atoms with Crippen molar-refractivity contribution in [3.05, 3.63) is 45.8 Å². The van der Waals surface area contributed by atoms with Gasteiger partial charge in [-0.05, 0) is 43.3 Å². The fourth-order valence-electron chi connectivity index (χ4n) is 3.04. The van der Waals surface area contributed by atoms with Gasteiger partial charge in [-0.2, -0.15) is 0 Å². The van der Waals surface area contributed by atoms with Crippen LogP contribution in [0.15, 0.2) is 29.2 Å². The normalized spacial score (nSPS) is 14.6. The number of likely N-dealkylation sites (N-methyl/N-ethyl adjacent to an activating group) is 1. The molecule has 0 atom stereocenters. The van der Waals surface area contributed by atoms with E-state index in [-0.39, 0.29) is 10.6 Å². The summed E-state index contributed by atoms with van der Waals surface area (Å²) in [6.45, 7) is 3.10. The molecule has 0 fully saturated rings. The van der Waals surface area contributed by atoms with Gasteiger partial charge in [0.1, 0.15) is 5.00 Å². The Balaban J connectivity index is 1.87. The Morgan fingerprint density at radius 2 is 1.93 bits per heavy atom. The third-order valence-electron chi connectivity index (χ3n) is 4.58. The summed E-state index contributed by atoms with van der Waals surface area (Å²) < 4.78 is 23.8. The second-order valence-electron chi connectivity index (χ2n) is 6.44. The molecule has 0 unspecified atom stereocenters. The van der Waals surface area contributed by atoms with Crippen LogP contribution in [0.1, 0.15) is 38.1 Å². The molecule has 27 heavy (non-hydrogen) atoms. The van der Waals surface area contributed by atoms with Crippen LogP contribution >= 0.6 is 11.3 Å². The Bertz CT molecular complexity index is 994. The Kier molecular flexibility index (Phi) is 5.36. The van der Waals surface area contributed by atoms with Crippen LogP contribution in [0.5, 0.6) is 0 Å². The summed E-state index contributed by atoms with van der Waals surface area (Å²) in [6, 6.07) is 5.75. The van der Waals surface area contributed by atoms with Crippen molar-refractivity contribution >= 4 is 38.0 Å². The number of nitrogens with one attached hydrogen (secondary N) is 1. The molecular formula is C18H21N3O4S2. The van der Waals surface area contributed by atoms with Crippen LogP contribution in [0, 0.1) is 0 Å². The second kappa shape index (κ2) is 7.41. The molecule has 0 radical (unpaired) electrons. The summed E-state index contributed by atoms with van der Waals surface area (Å²) in [4.78, 5) is 27.9. The fourth-order valence-corrected chi connectivity index (χ4v) is 5.25. The first-order valence-corrected chi connectivity index (χ1v) is 11.0. The molecule has 1 aliphatic rings. The molecule has 7 nitrogen and oxygen atoms in total. The van der Waals surface area contributed by atoms with Crippen LogP contribution in [-0.2, 0) is 22.8 Å². The first kappa shape index (κ1) is 19.5. The number of nitrogens with zero attached hydrogens (tertiary/aromatic N) is 1. The summed E-state index contributed by atoms with van der Waals surface area (Å²) in [5, 5.41) is 3.21. The van der Waals surface area contributed by atoms with Gasteiger partial charge in [0.05, 0.1) is 16.2 Å². The van der Waals surface area contributed by atoms with E-state index >= 15 is 0 Å². The molecule has 9 heteroatoms. The summed E-state index contributed by atoms with van der Waals surface area (Å²) in [5.41, 5.74) is 7.14. The van der Waals surface area contributed by atoms with Gasteiger partial charge in [0.2, 0.25) is 0 Å². The predicted molar refractivity (Wildman–Crippen MR) is 105 cm³/mol. The molecule has 1 aliphatic heterocycles. The van der Waals surface area contributed by atoms with Crippen molar-refractivity contribution in [1.82, 2.24) is 4.90 Å². The van der Waals surface area contributed by atoms with Crippen LogP contribution in [0.4, 0.5) is 5.00 Å². The van der Waals surface area contributed by atoms with Crippen molar-refractivity contribution < 1.29 is 18.0 Å². The van der Waals surface area contributed by atoms with E-state index in [9.17, 15) is 18.0 Å². The number of carbonyl (C=O) groups excluding carboxylic acids is 2. The zero-order valence-electron chi connectivity index (χ0n) is 15.1. The molecule has 3 rings (SSSR count). The number of sulfone groups is 1. The van der Waals surface area contributed by atoms with Crippen LogP contribution in [-0.4, -0.2) is 44.5 Å². The number of carbonyl (C=O) groups is 2. The number of benzene rings is 1. The molecule has 1 aromatic carbocycles. The molecule has 144 valence electrons. The van der Waals surface area contributed by atoms with Gasteiger partial charge in [0, 0.05) is 23.5 Å². The van der Waals surface area contributed by atoms with E-state index in [0.717, 1.165) is 17.0 Å². The van der Waals surface area contributed by atoms with E-state index in [0.29, 0.717) is 29.1 Å². The van der Waals surface area contributed by atoms with Crippen molar-refractivity contribution in [2.24, 2.45) is 5.73 Å². The lowest BCUT2D eigenvalue weighted by atomic mass is 10.0. The van der Waals surface area contributed by atoms with Crippen molar-refractivity contribution in [2.45, 2.75) is 24.8 Å². The molecule has 2 heterocycles. The summed E-state index contributed by atoms with van der Waals surface area (Å²) in [7, 11) is -1.32. The SMILES string of the molecule is CCS(=O)(=O)c1ccc(C(=O)Nc2sc3c(c2C(N)=O)CCN(C)C3)cc1. The third kappa shape index (κ3) is 3.90. The maximum atomic E-state index is 12.6. The lowest BCUT2D eigenvalue weighted by molar-refractivity contribution is 0.1000. The maximum absolute atomic E-state index is 12.6. The van der Waals surface area contributed by atoms with Crippen molar-refractivity contribution in [1.29, 1.82) is 0 Å². The summed E-state index contributed by atoms with van der Waals surface area (Å²) in [6.07, 6.45) is 0.708. The molecule has 0 bridgehead atoms. The zero-order chi connectivity index (χ0) is 19.8. The summed E-state index contributed by atoms with van der Waals surface area (Å²) in [5.74, 6) is -0.975. The second-order valence-corrected chi connectivity index (χ2v) is 9.83. The standard InChI is InChI=1S/C18H21N3O4S2/c1-3-27(24,25)12-6-4-11(5-7-12)17(23)20-18-15(16(19)22)13-8-9-21(2)10-14(13)26-18/h4-7H,3,8-10H2,1-2H3,(H2,19,22)(H,20,23). The Morgan fingerprint density at radius 1 is 1.26 bits per heavy atom. The van der Waals surface area contributed by atoms with Gasteiger partial charge in [-0.1, -0.05) is 6.92 Å². The van der Waals surface area contributed by atoms with Gasteiger partial charge in [0.25, 0.3) is 11.8 Å². The van der Waals surface area contributed by atoms with E-state index < -0.39 is 21.7 Å². The Hall–Kier alpha value is -2.23. The van der Waals surface area contributed by atoms with E-state index in [4.69, 9.17) is 5.73 Å². The summed E-state index contributed by atoms with van der Waals surface area (Å²) >= 11 is 1.36. The quantitative estimate of drug-likeness (QED) is 0.786. The highest BCUT2D eigenvalue weighted by Crippen LogP contribution is 2.36. The number of nitrogens with two attached hydrogens (primary N) is 1. The average Bonchev–Trinajstić information content (AvgIpc) is 2.98. The number of rotatable bonds is 5. The van der Waals surface area contributed by atoms with Gasteiger partial charge in [0.15, 0.2) is 9.84 Å². The fraction of sp³-hybridized carbons (Fsp3) is 0.333. The molecule has 0 saturated carbocycles. The van der Waals surface area contributed by atoms with Gasteiger partial charge >= 0.3 is 0 Å². The molecule has 1 aromatic heterocycles. The minimum Gasteiger partial charge on any atom is -0.365 e. The van der Waals surface area contributed by atoms with Gasteiger partial charge in [-0.25, -0.2) is 8.42 Å². The van der Waals surface area contributed by atoms with E-state index in [1.54, 1.807) is 6.92 Å². The van der Waals surface area contributed by atoms with E-state index in [1.165, 1.54) is 35.6 Å². The average molecular weight is 408 g/mol.